The molecule has 0 heterocycles. The number of hydrogen-bond donors (Lipinski definition) is 0. The van der Waals surface area contributed by atoms with Crippen molar-refractivity contribution in [3.05, 3.63) is 41.7 Å². The van der Waals surface area contributed by atoms with Crippen LogP contribution < -0.4 is 4.74 Å². The Kier molecular flexibility index (Phi) is 3.73. The lowest BCUT2D eigenvalue weighted by atomic mass is 10.0. The molecule has 0 amide bonds. The standard InChI is InChI=1S/C13H13FO4S/c1-17-13-7-6-10-9(4-3-5-12(10)14)11(13)8-18-19(2,15)16/h3-7H,8H2,1-2H3. The van der Waals surface area contributed by atoms with Crippen LogP contribution in [-0.2, 0) is 20.9 Å². The predicted molar refractivity (Wildman–Crippen MR) is 70.1 cm³/mol. The maximum Gasteiger partial charge on any atom is 0.264 e. The molecule has 0 saturated heterocycles. The van der Waals surface area contributed by atoms with Crippen molar-refractivity contribution in [3.63, 3.8) is 0 Å². The summed E-state index contributed by atoms with van der Waals surface area (Å²) in [5.74, 6) is 0.0857. The molecule has 0 unspecified atom stereocenters. The summed E-state index contributed by atoms with van der Waals surface area (Å²) >= 11 is 0. The van der Waals surface area contributed by atoms with Gasteiger partial charge in [-0.15, -0.1) is 0 Å². The molecular weight excluding hydrogens is 271 g/mol. The van der Waals surface area contributed by atoms with Crippen LogP contribution >= 0.6 is 0 Å². The van der Waals surface area contributed by atoms with Gasteiger partial charge in [-0.2, -0.15) is 8.42 Å². The van der Waals surface area contributed by atoms with Gasteiger partial charge in [0.1, 0.15) is 11.6 Å². The van der Waals surface area contributed by atoms with Crippen LogP contribution in [0.3, 0.4) is 0 Å². The van der Waals surface area contributed by atoms with Crippen LogP contribution in [0.25, 0.3) is 10.8 Å². The van der Waals surface area contributed by atoms with E-state index < -0.39 is 10.1 Å². The molecule has 0 saturated carbocycles. The summed E-state index contributed by atoms with van der Waals surface area (Å²) in [6.45, 7) is -0.192. The summed E-state index contributed by atoms with van der Waals surface area (Å²) in [7, 11) is -2.11. The first kappa shape index (κ1) is 13.8. The van der Waals surface area contributed by atoms with Crippen LogP contribution in [0.4, 0.5) is 4.39 Å². The van der Waals surface area contributed by atoms with Crippen molar-refractivity contribution in [1.29, 1.82) is 0 Å². The van der Waals surface area contributed by atoms with Crippen molar-refractivity contribution in [3.8, 4) is 5.75 Å². The van der Waals surface area contributed by atoms with Crippen LogP contribution in [0.5, 0.6) is 5.75 Å². The minimum absolute atomic E-state index is 0.192. The normalized spacial score (nSPS) is 11.7. The lowest BCUT2D eigenvalue weighted by Crippen LogP contribution is -2.04. The van der Waals surface area contributed by atoms with E-state index in [0.29, 0.717) is 22.1 Å². The van der Waals surface area contributed by atoms with E-state index in [0.717, 1.165) is 6.26 Å². The molecule has 6 heteroatoms. The fourth-order valence-electron chi connectivity index (χ4n) is 1.87. The van der Waals surface area contributed by atoms with Gasteiger partial charge in [-0.3, -0.25) is 4.18 Å². The molecule has 0 bridgehead atoms. The number of ether oxygens (including phenoxy) is 1. The predicted octanol–water partition coefficient (Wildman–Crippen LogP) is 2.46. The highest BCUT2D eigenvalue weighted by molar-refractivity contribution is 7.85. The third-order valence-corrected chi connectivity index (χ3v) is 3.26. The van der Waals surface area contributed by atoms with Crippen molar-refractivity contribution in [2.45, 2.75) is 6.61 Å². The van der Waals surface area contributed by atoms with Crippen molar-refractivity contribution >= 4 is 20.9 Å². The van der Waals surface area contributed by atoms with E-state index >= 15 is 0 Å². The number of rotatable bonds is 4. The molecular formula is C13H13FO4S. The number of halogens is 1. The second-order valence-corrected chi connectivity index (χ2v) is 5.69. The summed E-state index contributed by atoms with van der Waals surface area (Å²) in [6.07, 6.45) is 0.963. The second kappa shape index (κ2) is 5.14. The molecule has 0 aliphatic carbocycles. The van der Waals surface area contributed by atoms with Crippen molar-refractivity contribution in [2.75, 3.05) is 13.4 Å². The van der Waals surface area contributed by atoms with E-state index in [4.69, 9.17) is 8.92 Å². The molecule has 19 heavy (non-hydrogen) atoms. The van der Waals surface area contributed by atoms with Gasteiger partial charge in [-0.1, -0.05) is 12.1 Å². The SMILES string of the molecule is COc1ccc2c(F)cccc2c1COS(C)(=O)=O. The zero-order valence-corrected chi connectivity index (χ0v) is 11.3. The van der Waals surface area contributed by atoms with E-state index in [9.17, 15) is 12.8 Å². The average molecular weight is 284 g/mol. The molecule has 0 radical (unpaired) electrons. The van der Waals surface area contributed by atoms with Gasteiger partial charge in [-0.25, -0.2) is 4.39 Å². The van der Waals surface area contributed by atoms with Gasteiger partial charge in [0.25, 0.3) is 10.1 Å². The van der Waals surface area contributed by atoms with Gasteiger partial charge in [-0.05, 0) is 23.6 Å². The molecule has 0 aliphatic heterocycles. The summed E-state index contributed by atoms with van der Waals surface area (Å²) in [5.41, 5.74) is 0.505. The smallest absolute Gasteiger partial charge is 0.264 e. The van der Waals surface area contributed by atoms with E-state index in [2.05, 4.69) is 0 Å². The highest BCUT2D eigenvalue weighted by Crippen LogP contribution is 2.30. The molecule has 0 fully saturated rings. The molecule has 4 nitrogen and oxygen atoms in total. The van der Waals surface area contributed by atoms with Crippen molar-refractivity contribution in [1.82, 2.24) is 0 Å². The molecule has 0 atom stereocenters. The molecule has 0 aliphatic rings. The summed E-state index contributed by atoms with van der Waals surface area (Å²) < 4.78 is 45.8. The van der Waals surface area contributed by atoms with Crippen LogP contribution in [0.2, 0.25) is 0 Å². The quantitative estimate of drug-likeness (QED) is 0.809. The fraction of sp³-hybridized carbons (Fsp3) is 0.231. The Bertz CT molecular complexity index is 710. The first-order valence-electron chi connectivity index (χ1n) is 5.51. The van der Waals surface area contributed by atoms with Gasteiger partial charge in [0.2, 0.25) is 0 Å². The Balaban J connectivity index is 2.58. The van der Waals surface area contributed by atoms with Gasteiger partial charge in [0.05, 0.1) is 20.0 Å². The van der Waals surface area contributed by atoms with Gasteiger partial charge in [0.15, 0.2) is 0 Å². The lowest BCUT2D eigenvalue weighted by molar-refractivity contribution is 0.304. The van der Waals surface area contributed by atoms with E-state index in [1.54, 1.807) is 24.3 Å². The zero-order chi connectivity index (χ0) is 14.0. The Morgan fingerprint density at radius 2 is 1.89 bits per heavy atom. The Labute approximate surface area is 110 Å². The second-order valence-electron chi connectivity index (χ2n) is 4.05. The van der Waals surface area contributed by atoms with Gasteiger partial charge in [0, 0.05) is 10.9 Å². The minimum Gasteiger partial charge on any atom is -0.496 e. The third kappa shape index (κ3) is 3.02. The number of methoxy groups -OCH3 is 1. The van der Waals surface area contributed by atoms with E-state index in [1.807, 2.05) is 0 Å². The molecule has 102 valence electrons. The average Bonchev–Trinajstić information content (AvgIpc) is 2.35. The van der Waals surface area contributed by atoms with Crippen molar-refractivity contribution in [2.24, 2.45) is 0 Å². The molecule has 2 aromatic carbocycles. The molecule has 0 N–H and O–H groups in total. The largest absolute Gasteiger partial charge is 0.496 e. The fourth-order valence-corrected chi connectivity index (χ4v) is 2.20. The highest BCUT2D eigenvalue weighted by atomic mass is 32.2. The van der Waals surface area contributed by atoms with Crippen molar-refractivity contribution < 1.29 is 21.7 Å². The van der Waals surface area contributed by atoms with E-state index in [-0.39, 0.29) is 12.4 Å². The first-order chi connectivity index (χ1) is 8.92. The monoisotopic (exact) mass is 284 g/mol. The third-order valence-electron chi connectivity index (χ3n) is 2.71. The molecule has 0 aromatic heterocycles. The first-order valence-corrected chi connectivity index (χ1v) is 7.32. The zero-order valence-electron chi connectivity index (χ0n) is 10.5. The van der Waals surface area contributed by atoms with Crippen LogP contribution in [0.15, 0.2) is 30.3 Å². The maximum absolute atomic E-state index is 13.7. The Morgan fingerprint density at radius 1 is 1.16 bits per heavy atom. The maximum atomic E-state index is 13.7. The van der Waals surface area contributed by atoms with Crippen LogP contribution in [0.1, 0.15) is 5.56 Å². The Hall–Kier alpha value is -1.66. The highest BCUT2D eigenvalue weighted by Gasteiger charge is 2.13. The summed E-state index contributed by atoms with van der Waals surface area (Å²) in [5, 5.41) is 0.971. The molecule has 0 spiro atoms. The number of hydrogen-bond acceptors (Lipinski definition) is 4. The Morgan fingerprint density at radius 3 is 2.53 bits per heavy atom. The molecule has 2 aromatic rings. The lowest BCUT2D eigenvalue weighted by Gasteiger charge is -2.12. The molecule has 2 rings (SSSR count). The van der Waals surface area contributed by atoms with Crippen LogP contribution in [0, 0.1) is 5.82 Å². The minimum atomic E-state index is -3.58. The summed E-state index contributed by atoms with van der Waals surface area (Å²) in [4.78, 5) is 0. The number of fused-ring (bicyclic) bond motifs is 1. The van der Waals surface area contributed by atoms with Gasteiger partial charge < -0.3 is 4.74 Å². The van der Waals surface area contributed by atoms with Crippen LogP contribution in [-0.4, -0.2) is 21.8 Å². The van der Waals surface area contributed by atoms with E-state index in [1.165, 1.54) is 13.2 Å². The topological polar surface area (TPSA) is 52.6 Å². The summed E-state index contributed by atoms with van der Waals surface area (Å²) in [6, 6.07) is 7.78. The van der Waals surface area contributed by atoms with Gasteiger partial charge >= 0.3 is 0 Å². The number of benzene rings is 2.